The van der Waals surface area contributed by atoms with Crippen molar-refractivity contribution in [3.63, 3.8) is 0 Å². The van der Waals surface area contributed by atoms with Gasteiger partial charge in [0.2, 0.25) is 0 Å². The molecular weight excluding hydrogens is 200 g/mol. The summed E-state index contributed by atoms with van der Waals surface area (Å²) in [5, 5.41) is 15.9. The number of anilines is 1. The largest absolute Gasteiger partial charge is 0.392 e. The van der Waals surface area contributed by atoms with Crippen LogP contribution in [0.2, 0.25) is 0 Å². The van der Waals surface area contributed by atoms with Gasteiger partial charge < -0.3 is 15.7 Å². The van der Waals surface area contributed by atoms with E-state index >= 15 is 0 Å². The summed E-state index contributed by atoms with van der Waals surface area (Å²) in [4.78, 5) is 0. The Morgan fingerprint density at radius 1 is 1.25 bits per heavy atom. The summed E-state index contributed by atoms with van der Waals surface area (Å²) in [6.07, 6.45) is 3.91. The van der Waals surface area contributed by atoms with Crippen LogP contribution in [0.4, 0.5) is 5.69 Å². The number of hydrogen-bond acceptors (Lipinski definition) is 3. The van der Waals surface area contributed by atoms with Crippen LogP contribution in [0.1, 0.15) is 24.8 Å². The Morgan fingerprint density at radius 3 is 2.69 bits per heavy atom. The Hall–Kier alpha value is -1.06. The molecule has 3 nitrogen and oxygen atoms in total. The fraction of sp³-hybridized carbons (Fsp3) is 0.538. The second kappa shape index (κ2) is 5.87. The number of nitrogens with one attached hydrogen (secondary N) is 2. The standard InChI is InChI=1S/C13H20N2O/c16-10-11-4-6-12(7-5-11)15-9-13-3-1-2-8-14-13/h4-7,13-16H,1-3,8-10H2. The van der Waals surface area contributed by atoms with Crippen molar-refractivity contribution in [2.75, 3.05) is 18.4 Å². The van der Waals surface area contributed by atoms with Gasteiger partial charge in [-0.1, -0.05) is 18.6 Å². The number of aliphatic hydroxyl groups is 1. The van der Waals surface area contributed by atoms with Crippen molar-refractivity contribution in [3.05, 3.63) is 29.8 Å². The smallest absolute Gasteiger partial charge is 0.0681 e. The number of piperidine rings is 1. The Balaban J connectivity index is 1.79. The molecule has 1 aromatic rings. The average molecular weight is 220 g/mol. The molecule has 1 atom stereocenters. The first-order valence-electron chi connectivity index (χ1n) is 6.05. The van der Waals surface area contributed by atoms with Gasteiger partial charge >= 0.3 is 0 Å². The minimum atomic E-state index is 0.116. The summed E-state index contributed by atoms with van der Waals surface area (Å²) in [6.45, 7) is 2.25. The van der Waals surface area contributed by atoms with Gasteiger partial charge in [-0.15, -0.1) is 0 Å². The third kappa shape index (κ3) is 3.22. The first kappa shape index (κ1) is 11.4. The molecule has 3 heteroatoms. The molecule has 0 amide bonds. The summed E-state index contributed by atoms with van der Waals surface area (Å²) in [5.41, 5.74) is 2.09. The Kier molecular flexibility index (Phi) is 4.19. The van der Waals surface area contributed by atoms with Crippen LogP contribution in [0.15, 0.2) is 24.3 Å². The zero-order valence-corrected chi connectivity index (χ0v) is 9.58. The normalized spacial score (nSPS) is 20.7. The first-order chi connectivity index (χ1) is 7.88. The Bertz CT molecular complexity index is 304. The molecule has 1 aliphatic heterocycles. The predicted molar refractivity (Wildman–Crippen MR) is 66.5 cm³/mol. The van der Waals surface area contributed by atoms with Gasteiger partial charge in [0.05, 0.1) is 6.61 Å². The molecule has 0 saturated carbocycles. The quantitative estimate of drug-likeness (QED) is 0.724. The molecule has 0 spiro atoms. The first-order valence-corrected chi connectivity index (χ1v) is 6.05. The molecule has 0 bridgehead atoms. The van der Waals surface area contributed by atoms with E-state index in [9.17, 15) is 0 Å². The number of rotatable bonds is 4. The van der Waals surface area contributed by atoms with Crippen molar-refractivity contribution >= 4 is 5.69 Å². The summed E-state index contributed by atoms with van der Waals surface area (Å²) in [5.74, 6) is 0. The highest BCUT2D eigenvalue weighted by Crippen LogP contribution is 2.11. The Morgan fingerprint density at radius 2 is 2.06 bits per heavy atom. The van der Waals surface area contributed by atoms with Gasteiger partial charge in [0.25, 0.3) is 0 Å². The van der Waals surface area contributed by atoms with Crippen LogP contribution in [0, 0.1) is 0 Å². The van der Waals surface area contributed by atoms with Gasteiger partial charge in [-0.2, -0.15) is 0 Å². The summed E-state index contributed by atoms with van der Waals surface area (Å²) >= 11 is 0. The highest BCUT2D eigenvalue weighted by atomic mass is 16.3. The minimum absolute atomic E-state index is 0.116. The molecule has 0 aliphatic carbocycles. The lowest BCUT2D eigenvalue weighted by Crippen LogP contribution is -2.39. The van der Waals surface area contributed by atoms with Gasteiger partial charge in [-0.25, -0.2) is 0 Å². The van der Waals surface area contributed by atoms with Crippen LogP contribution in [0.25, 0.3) is 0 Å². The molecule has 2 rings (SSSR count). The molecule has 0 aromatic heterocycles. The van der Waals surface area contributed by atoms with Crippen molar-refractivity contribution in [1.82, 2.24) is 5.32 Å². The molecular formula is C13H20N2O. The van der Waals surface area contributed by atoms with Crippen LogP contribution in [-0.4, -0.2) is 24.2 Å². The molecule has 1 aromatic carbocycles. The topological polar surface area (TPSA) is 44.3 Å². The Labute approximate surface area is 96.9 Å². The van der Waals surface area contributed by atoms with Crippen molar-refractivity contribution in [2.45, 2.75) is 31.9 Å². The number of aliphatic hydroxyl groups excluding tert-OH is 1. The zero-order valence-electron chi connectivity index (χ0n) is 9.58. The SMILES string of the molecule is OCc1ccc(NCC2CCCCN2)cc1. The van der Waals surface area contributed by atoms with Crippen molar-refractivity contribution < 1.29 is 5.11 Å². The maximum absolute atomic E-state index is 8.93. The second-order valence-electron chi connectivity index (χ2n) is 4.38. The van der Waals surface area contributed by atoms with Crippen LogP contribution in [-0.2, 0) is 6.61 Å². The second-order valence-corrected chi connectivity index (χ2v) is 4.38. The van der Waals surface area contributed by atoms with Crippen molar-refractivity contribution in [3.8, 4) is 0 Å². The van der Waals surface area contributed by atoms with Crippen LogP contribution in [0.5, 0.6) is 0 Å². The average Bonchev–Trinajstić information content (AvgIpc) is 2.38. The van der Waals surface area contributed by atoms with E-state index in [4.69, 9.17) is 5.11 Å². The minimum Gasteiger partial charge on any atom is -0.392 e. The van der Waals surface area contributed by atoms with E-state index in [2.05, 4.69) is 10.6 Å². The summed E-state index contributed by atoms with van der Waals surface area (Å²) in [7, 11) is 0. The molecule has 88 valence electrons. The highest BCUT2D eigenvalue weighted by molar-refractivity contribution is 5.44. The van der Waals surface area contributed by atoms with Gasteiger partial charge in [-0.05, 0) is 37.1 Å². The van der Waals surface area contributed by atoms with Crippen LogP contribution < -0.4 is 10.6 Å². The van der Waals surface area contributed by atoms with Crippen LogP contribution in [0.3, 0.4) is 0 Å². The van der Waals surface area contributed by atoms with E-state index in [1.807, 2.05) is 24.3 Å². The maximum atomic E-state index is 8.93. The molecule has 0 radical (unpaired) electrons. The van der Waals surface area contributed by atoms with E-state index in [-0.39, 0.29) is 6.61 Å². The molecule has 16 heavy (non-hydrogen) atoms. The highest BCUT2D eigenvalue weighted by Gasteiger charge is 2.11. The lowest BCUT2D eigenvalue weighted by Gasteiger charge is -2.24. The fourth-order valence-corrected chi connectivity index (χ4v) is 2.07. The summed E-state index contributed by atoms with van der Waals surface area (Å²) in [6, 6.07) is 8.56. The van der Waals surface area contributed by atoms with Gasteiger partial charge in [0, 0.05) is 18.3 Å². The number of benzene rings is 1. The summed E-state index contributed by atoms with van der Waals surface area (Å²) < 4.78 is 0. The molecule has 1 unspecified atom stereocenters. The molecule has 1 aliphatic rings. The van der Waals surface area contributed by atoms with Gasteiger partial charge in [0.1, 0.15) is 0 Å². The monoisotopic (exact) mass is 220 g/mol. The number of hydrogen-bond donors (Lipinski definition) is 3. The lowest BCUT2D eigenvalue weighted by atomic mass is 10.1. The van der Waals surface area contributed by atoms with Crippen LogP contribution >= 0.6 is 0 Å². The van der Waals surface area contributed by atoms with Gasteiger partial charge in [-0.3, -0.25) is 0 Å². The lowest BCUT2D eigenvalue weighted by molar-refractivity contribution is 0.282. The molecule has 1 heterocycles. The van der Waals surface area contributed by atoms with E-state index in [1.165, 1.54) is 19.3 Å². The van der Waals surface area contributed by atoms with E-state index in [0.29, 0.717) is 6.04 Å². The van der Waals surface area contributed by atoms with Gasteiger partial charge in [0.15, 0.2) is 0 Å². The van der Waals surface area contributed by atoms with Crippen molar-refractivity contribution in [1.29, 1.82) is 0 Å². The maximum Gasteiger partial charge on any atom is 0.0681 e. The van der Waals surface area contributed by atoms with E-state index in [0.717, 1.165) is 24.3 Å². The predicted octanol–water partition coefficient (Wildman–Crippen LogP) is 1.73. The fourth-order valence-electron chi connectivity index (χ4n) is 2.07. The third-order valence-corrected chi connectivity index (χ3v) is 3.10. The third-order valence-electron chi connectivity index (χ3n) is 3.10. The molecule has 1 saturated heterocycles. The molecule has 3 N–H and O–H groups in total. The van der Waals surface area contributed by atoms with E-state index < -0.39 is 0 Å². The van der Waals surface area contributed by atoms with Crippen molar-refractivity contribution in [2.24, 2.45) is 0 Å². The van der Waals surface area contributed by atoms with E-state index in [1.54, 1.807) is 0 Å². The molecule has 1 fully saturated rings. The zero-order chi connectivity index (χ0) is 11.2.